The van der Waals surface area contributed by atoms with Gasteiger partial charge in [0.1, 0.15) is 0 Å². The number of anilines is 1. The van der Waals surface area contributed by atoms with Gasteiger partial charge in [-0.25, -0.2) is 0 Å². The van der Waals surface area contributed by atoms with Crippen LogP contribution in [0.15, 0.2) is 64.6 Å². The van der Waals surface area contributed by atoms with Gasteiger partial charge >= 0.3 is 0 Å². The quantitative estimate of drug-likeness (QED) is 0.834. The van der Waals surface area contributed by atoms with Gasteiger partial charge in [-0.05, 0) is 41.8 Å². The molecular weight excluding hydrogens is 254 g/mol. The average Bonchev–Trinajstić information content (AvgIpc) is 3.01. The molecule has 1 heterocycles. The van der Waals surface area contributed by atoms with Crippen molar-refractivity contribution in [3.63, 3.8) is 0 Å². The Morgan fingerprint density at radius 3 is 2.47 bits per heavy atom. The van der Waals surface area contributed by atoms with E-state index in [1.54, 1.807) is 11.9 Å². The number of rotatable bonds is 4. The molecule has 0 bridgehead atoms. The molecule has 0 unspecified atom stereocenters. The van der Waals surface area contributed by atoms with Crippen LogP contribution in [-0.4, -0.2) is 12.3 Å². The van der Waals surface area contributed by atoms with Crippen LogP contribution >= 0.6 is 11.9 Å². The van der Waals surface area contributed by atoms with E-state index in [0.717, 1.165) is 24.4 Å². The Kier molecular flexibility index (Phi) is 3.70. The highest BCUT2D eigenvalue weighted by atomic mass is 32.2. The van der Waals surface area contributed by atoms with Crippen molar-refractivity contribution in [3.8, 4) is 0 Å². The molecule has 0 fully saturated rings. The van der Waals surface area contributed by atoms with Crippen molar-refractivity contribution >= 4 is 23.3 Å². The molecule has 2 aromatic carbocycles. The molecule has 1 aliphatic heterocycles. The molecule has 96 valence electrons. The van der Waals surface area contributed by atoms with E-state index in [1.807, 2.05) is 18.2 Å². The lowest BCUT2D eigenvalue weighted by Crippen LogP contribution is -1.98. The molecule has 0 spiro atoms. The van der Waals surface area contributed by atoms with Gasteiger partial charge in [0.15, 0.2) is 0 Å². The largest absolute Gasteiger partial charge is 0.326 e. The molecule has 0 aliphatic carbocycles. The van der Waals surface area contributed by atoms with Gasteiger partial charge in [-0.2, -0.15) is 5.10 Å². The Labute approximate surface area is 117 Å². The van der Waals surface area contributed by atoms with Crippen molar-refractivity contribution in [3.05, 3.63) is 60.2 Å². The fraction of sp³-hybridized carbons (Fsp3) is 0.133. The molecule has 0 aromatic heterocycles. The summed E-state index contributed by atoms with van der Waals surface area (Å²) in [5.74, 6) is 0. The lowest BCUT2D eigenvalue weighted by atomic mass is 10.1. The third-order valence-electron chi connectivity index (χ3n) is 2.94. The maximum absolute atomic E-state index is 4.27. The molecule has 0 radical (unpaired) electrons. The van der Waals surface area contributed by atoms with E-state index in [4.69, 9.17) is 0 Å². The summed E-state index contributed by atoms with van der Waals surface area (Å²) in [6.07, 6.45) is 1.01. The Morgan fingerprint density at radius 2 is 1.79 bits per heavy atom. The van der Waals surface area contributed by atoms with Crippen LogP contribution in [0.2, 0.25) is 0 Å². The van der Waals surface area contributed by atoms with Gasteiger partial charge in [-0.15, -0.1) is 0 Å². The van der Waals surface area contributed by atoms with E-state index in [0.29, 0.717) is 0 Å². The summed E-state index contributed by atoms with van der Waals surface area (Å²) in [4.78, 5) is 1.20. The van der Waals surface area contributed by atoms with Crippen LogP contribution in [0, 0.1) is 0 Å². The van der Waals surface area contributed by atoms with E-state index in [-0.39, 0.29) is 0 Å². The summed E-state index contributed by atoms with van der Waals surface area (Å²) < 4.78 is 3.34. The Balaban J connectivity index is 1.63. The summed E-state index contributed by atoms with van der Waals surface area (Å²) >= 11 is 1.62. The highest BCUT2D eigenvalue weighted by molar-refractivity contribution is 8.00. The number of nitrogens with zero attached hydrogens (tertiary/aromatic N) is 1. The predicted octanol–water partition coefficient (Wildman–Crippen LogP) is 3.50. The van der Waals surface area contributed by atoms with Crippen molar-refractivity contribution in [1.29, 1.82) is 0 Å². The summed E-state index contributed by atoms with van der Waals surface area (Å²) in [5, 5.41) is 4.27. The maximum Gasteiger partial charge on any atom is 0.0693 e. The fourth-order valence-corrected chi connectivity index (χ4v) is 2.59. The average molecular weight is 269 g/mol. The van der Waals surface area contributed by atoms with Gasteiger partial charge in [0.2, 0.25) is 0 Å². The molecule has 0 atom stereocenters. The first kappa shape index (κ1) is 12.1. The van der Waals surface area contributed by atoms with Crippen LogP contribution in [0.5, 0.6) is 0 Å². The van der Waals surface area contributed by atoms with Gasteiger partial charge < -0.3 is 10.1 Å². The number of nitrogens with one attached hydrogen (secondary N) is 2. The molecule has 2 aromatic rings. The first-order chi connectivity index (χ1) is 9.42. The van der Waals surface area contributed by atoms with E-state index >= 15 is 0 Å². The molecule has 0 saturated carbocycles. The highest BCUT2D eigenvalue weighted by Crippen LogP contribution is 2.21. The number of hydrogen-bond donors (Lipinski definition) is 2. The molecule has 3 nitrogen and oxygen atoms in total. The summed E-state index contributed by atoms with van der Waals surface area (Å²) in [5.41, 5.74) is 6.44. The minimum atomic E-state index is 0.944. The lowest BCUT2D eigenvalue weighted by Gasteiger charge is -2.06. The van der Waals surface area contributed by atoms with Crippen LogP contribution in [0.25, 0.3) is 0 Å². The minimum absolute atomic E-state index is 0.944. The van der Waals surface area contributed by atoms with Crippen molar-refractivity contribution in [1.82, 2.24) is 5.43 Å². The van der Waals surface area contributed by atoms with Gasteiger partial charge in [-0.3, -0.25) is 0 Å². The zero-order chi connectivity index (χ0) is 12.9. The molecule has 1 aliphatic rings. The first-order valence-electron chi connectivity index (χ1n) is 6.29. The SMILES string of the molecule is c1ccc(SNc2ccc(C3=NNCC3)cc2)cc1. The Bertz CT molecular complexity index is 564. The van der Waals surface area contributed by atoms with Crippen LogP contribution in [0.1, 0.15) is 12.0 Å². The number of hydrazone groups is 1. The van der Waals surface area contributed by atoms with E-state index in [9.17, 15) is 0 Å². The Hall–Kier alpha value is -1.94. The molecule has 19 heavy (non-hydrogen) atoms. The number of hydrogen-bond acceptors (Lipinski definition) is 4. The standard InChI is InChI=1S/C15H15N3S/c1-2-4-14(5-3-1)19-18-13-8-6-12(7-9-13)15-10-11-16-17-15/h1-9,16,18H,10-11H2. The molecular formula is C15H15N3S. The molecule has 4 heteroatoms. The molecule has 0 amide bonds. The Morgan fingerprint density at radius 1 is 1.00 bits per heavy atom. The van der Waals surface area contributed by atoms with Crippen LogP contribution < -0.4 is 10.1 Å². The third-order valence-corrected chi connectivity index (χ3v) is 3.78. The van der Waals surface area contributed by atoms with Crippen LogP contribution in [0.3, 0.4) is 0 Å². The predicted molar refractivity (Wildman–Crippen MR) is 81.5 cm³/mol. The van der Waals surface area contributed by atoms with Crippen LogP contribution in [-0.2, 0) is 0 Å². The number of benzene rings is 2. The molecule has 2 N–H and O–H groups in total. The summed E-state index contributed by atoms with van der Waals surface area (Å²) in [6.45, 7) is 0.944. The minimum Gasteiger partial charge on any atom is -0.326 e. The monoisotopic (exact) mass is 269 g/mol. The topological polar surface area (TPSA) is 36.4 Å². The second-order valence-electron chi connectivity index (χ2n) is 4.31. The van der Waals surface area contributed by atoms with Crippen molar-refractivity contribution in [2.45, 2.75) is 11.3 Å². The summed E-state index contributed by atoms with van der Waals surface area (Å²) in [7, 11) is 0. The maximum atomic E-state index is 4.27. The van der Waals surface area contributed by atoms with E-state index in [1.165, 1.54) is 10.5 Å². The van der Waals surface area contributed by atoms with Gasteiger partial charge in [0.25, 0.3) is 0 Å². The fourth-order valence-electron chi connectivity index (χ4n) is 1.93. The highest BCUT2D eigenvalue weighted by Gasteiger charge is 2.08. The zero-order valence-corrected chi connectivity index (χ0v) is 11.3. The van der Waals surface area contributed by atoms with Crippen molar-refractivity contribution < 1.29 is 0 Å². The molecule has 3 rings (SSSR count). The second-order valence-corrected chi connectivity index (χ2v) is 5.19. The smallest absolute Gasteiger partial charge is 0.0693 e. The van der Waals surface area contributed by atoms with Gasteiger partial charge in [0, 0.05) is 23.5 Å². The molecule has 0 saturated heterocycles. The van der Waals surface area contributed by atoms with Crippen molar-refractivity contribution in [2.24, 2.45) is 5.10 Å². The first-order valence-corrected chi connectivity index (χ1v) is 7.11. The van der Waals surface area contributed by atoms with E-state index < -0.39 is 0 Å². The van der Waals surface area contributed by atoms with Gasteiger partial charge in [-0.1, -0.05) is 30.3 Å². The summed E-state index contributed by atoms with van der Waals surface area (Å²) in [6, 6.07) is 18.7. The van der Waals surface area contributed by atoms with Crippen LogP contribution in [0.4, 0.5) is 5.69 Å². The normalized spacial score (nSPS) is 13.8. The van der Waals surface area contributed by atoms with Crippen molar-refractivity contribution in [2.75, 3.05) is 11.3 Å². The zero-order valence-electron chi connectivity index (χ0n) is 10.5. The second kappa shape index (κ2) is 5.80. The van der Waals surface area contributed by atoms with E-state index in [2.05, 4.69) is 51.6 Å². The lowest BCUT2D eigenvalue weighted by molar-refractivity contribution is 0.813. The third kappa shape index (κ3) is 3.09. The van der Waals surface area contributed by atoms with Gasteiger partial charge in [0.05, 0.1) is 5.71 Å².